The Bertz CT molecular complexity index is 490. The first-order valence-corrected chi connectivity index (χ1v) is 6.17. The summed E-state index contributed by atoms with van der Waals surface area (Å²) in [4.78, 5) is 11.9. The van der Waals surface area contributed by atoms with Gasteiger partial charge in [-0.05, 0) is 23.8 Å². The average molecular weight is 223 g/mol. The quantitative estimate of drug-likeness (QED) is 0.483. The van der Waals surface area contributed by atoms with Crippen molar-refractivity contribution in [2.45, 2.75) is 4.90 Å². The molecule has 0 fully saturated rings. The highest BCUT2D eigenvalue weighted by molar-refractivity contribution is 7.99. The van der Waals surface area contributed by atoms with Gasteiger partial charge < -0.3 is 5.73 Å². The second kappa shape index (κ2) is 3.63. The van der Waals surface area contributed by atoms with Gasteiger partial charge in [-0.1, -0.05) is 0 Å². The van der Waals surface area contributed by atoms with Gasteiger partial charge in [0, 0.05) is 21.5 Å². The molecule has 14 heavy (non-hydrogen) atoms. The molecule has 0 amide bonds. The number of nitrogen functional groups attached to an aromatic ring is 1. The molecule has 72 valence electrons. The molecule has 0 atom stereocenters. The standard InChI is InChI=1S/C10H9NOS2/c1-13-9-6(5-12)4-8(11)7-2-3-14-10(7)9/h2-5H,11H2,1H3. The van der Waals surface area contributed by atoms with E-state index in [2.05, 4.69) is 0 Å². The summed E-state index contributed by atoms with van der Waals surface area (Å²) in [7, 11) is 0. The maximum atomic E-state index is 10.8. The predicted octanol–water partition coefficient (Wildman–Crippen LogP) is 3.02. The molecule has 2 nitrogen and oxygen atoms in total. The van der Waals surface area contributed by atoms with Crippen LogP contribution in [0.1, 0.15) is 10.4 Å². The van der Waals surface area contributed by atoms with E-state index in [1.807, 2.05) is 17.7 Å². The second-order valence-corrected chi connectivity index (χ2v) is 4.60. The van der Waals surface area contributed by atoms with Crippen molar-refractivity contribution >= 4 is 45.2 Å². The molecule has 0 aliphatic carbocycles. The van der Waals surface area contributed by atoms with Crippen molar-refractivity contribution in [2.24, 2.45) is 0 Å². The molecule has 1 heterocycles. The highest BCUT2D eigenvalue weighted by Gasteiger charge is 2.10. The van der Waals surface area contributed by atoms with Gasteiger partial charge in [0.05, 0.1) is 4.70 Å². The van der Waals surface area contributed by atoms with Gasteiger partial charge in [0.1, 0.15) is 0 Å². The number of thioether (sulfide) groups is 1. The SMILES string of the molecule is CSc1c(C=O)cc(N)c2ccsc12. The molecule has 0 radical (unpaired) electrons. The van der Waals surface area contributed by atoms with E-state index in [1.165, 1.54) is 0 Å². The summed E-state index contributed by atoms with van der Waals surface area (Å²) in [5.41, 5.74) is 7.21. The van der Waals surface area contributed by atoms with Crippen molar-refractivity contribution in [3.05, 3.63) is 23.1 Å². The topological polar surface area (TPSA) is 43.1 Å². The Labute approximate surface area is 90.1 Å². The lowest BCUT2D eigenvalue weighted by Gasteiger charge is -2.05. The van der Waals surface area contributed by atoms with E-state index in [4.69, 9.17) is 5.73 Å². The Balaban J connectivity index is 2.88. The molecular formula is C10H9NOS2. The summed E-state index contributed by atoms with van der Waals surface area (Å²) in [6, 6.07) is 3.73. The molecule has 2 rings (SSSR count). The highest BCUT2D eigenvalue weighted by atomic mass is 32.2. The van der Waals surface area contributed by atoms with Gasteiger partial charge in [0.15, 0.2) is 6.29 Å². The van der Waals surface area contributed by atoms with Crippen LogP contribution in [0.2, 0.25) is 0 Å². The van der Waals surface area contributed by atoms with Crippen molar-refractivity contribution in [3.63, 3.8) is 0 Å². The van der Waals surface area contributed by atoms with E-state index in [9.17, 15) is 4.79 Å². The molecule has 0 unspecified atom stereocenters. The van der Waals surface area contributed by atoms with Crippen molar-refractivity contribution in [3.8, 4) is 0 Å². The summed E-state index contributed by atoms with van der Waals surface area (Å²) >= 11 is 3.21. The number of aldehydes is 1. The Hall–Kier alpha value is -1.000. The Morgan fingerprint density at radius 1 is 1.57 bits per heavy atom. The van der Waals surface area contributed by atoms with Crippen LogP contribution < -0.4 is 5.73 Å². The number of fused-ring (bicyclic) bond motifs is 1. The third kappa shape index (κ3) is 1.31. The zero-order valence-electron chi connectivity index (χ0n) is 7.61. The summed E-state index contributed by atoms with van der Waals surface area (Å²) < 4.78 is 1.11. The Morgan fingerprint density at radius 3 is 3.00 bits per heavy atom. The van der Waals surface area contributed by atoms with Crippen LogP contribution in [-0.2, 0) is 0 Å². The first kappa shape index (κ1) is 9.55. The third-order valence-electron chi connectivity index (χ3n) is 2.09. The minimum atomic E-state index is 0.682. The minimum Gasteiger partial charge on any atom is -0.398 e. The first-order chi connectivity index (χ1) is 6.77. The number of benzene rings is 1. The molecule has 2 N–H and O–H groups in total. The van der Waals surface area contributed by atoms with Crippen LogP contribution in [0, 0.1) is 0 Å². The minimum absolute atomic E-state index is 0.682. The number of hydrogen-bond acceptors (Lipinski definition) is 4. The van der Waals surface area contributed by atoms with E-state index in [-0.39, 0.29) is 0 Å². The van der Waals surface area contributed by atoms with Gasteiger partial charge in [-0.2, -0.15) is 0 Å². The molecule has 0 aliphatic rings. The molecule has 0 spiro atoms. The van der Waals surface area contributed by atoms with Gasteiger partial charge in [0.25, 0.3) is 0 Å². The molecule has 0 saturated heterocycles. The van der Waals surface area contributed by atoms with Crippen LogP contribution in [-0.4, -0.2) is 12.5 Å². The van der Waals surface area contributed by atoms with Gasteiger partial charge in [-0.15, -0.1) is 23.1 Å². The molecule has 1 aromatic heterocycles. The fourth-order valence-electron chi connectivity index (χ4n) is 1.45. The number of rotatable bonds is 2. The fraction of sp³-hybridized carbons (Fsp3) is 0.100. The van der Waals surface area contributed by atoms with Crippen LogP contribution in [0.4, 0.5) is 5.69 Å². The van der Waals surface area contributed by atoms with Gasteiger partial charge in [0.2, 0.25) is 0 Å². The molecule has 0 saturated carbocycles. The maximum absolute atomic E-state index is 10.8. The number of carbonyl (C=O) groups is 1. The van der Waals surface area contributed by atoms with Gasteiger partial charge in [-0.25, -0.2) is 0 Å². The summed E-state index contributed by atoms with van der Waals surface area (Å²) in [6.07, 6.45) is 2.83. The van der Waals surface area contributed by atoms with Crippen LogP contribution >= 0.6 is 23.1 Å². The van der Waals surface area contributed by atoms with Gasteiger partial charge in [-0.3, -0.25) is 4.79 Å². The van der Waals surface area contributed by atoms with Crippen molar-refractivity contribution in [1.29, 1.82) is 0 Å². The van der Waals surface area contributed by atoms with Crippen molar-refractivity contribution < 1.29 is 4.79 Å². The molecular weight excluding hydrogens is 214 g/mol. The highest BCUT2D eigenvalue weighted by Crippen LogP contribution is 2.36. The number of anilines is 1. The van der Waals surface area contributed by atoms with Crippen LogP contribution in [0.25, 0.3) is 10.1 Å². The smallest absolute Gasteiger partial charge is 0.151 e. The zero-order chi connectivity index (χ0) is 10.1. The fourth-order valence-corrected chi connectivity index (χ4v) is 3.36. The number of nitrogens with two attached hydrogens (primary N) is 1. The first-order valence-electron chi connectivity index (χ1n) is 4.06. The van der Waals surface area contributed by atoms with Crippen LogP contribution in [0.15, 0.2) is 22.4 Å². The summed E-state index contributed by atoms with van der Waals surface area (Å²) in [5, 5.41) is 3.04. The summed E-state index contributed by atoms with van der Waals surface area (Å²) in [6.45, 7) is 0. The number of hydrogen-bond donors (Lipinski definition) is 1. The maximum Gasteiger partial charge on any atom is 0.151 e. The number of thiophene rings is 1. The molecule has 0 aliphatic heterocycles. The van der Waals surface area contributed by atoms with E-state index in [0.29, 0.717) is 11.3 Å². The zero-order valence-corrected chi connectivity index (χ0v) is 9.24. The van der Waals surface area contributed by atoms with Crippen LogP contribution in [0.3, 0.4) is 0 Å². The molecule has 4 heteroatoms. The predicted molar refractivity (Wildman–Crippen MR) is 63.4 cm³/mol. The van der Waals surface area contributed by atoms with E-state index in [1.54, 1.807) is 29.2 Å². The van der Waals surface area contributed by atoms with E-state index < -0.39 is 0 Å². The van der Waals surface area contributed by atoms with Gasteiger partial charge >= 0.3 is 0 Å². The molecule has 1 aromatic carbocycles. The van der Waals surface area contributed by atoms with Crippen molar-refractivity contribution in [1.82, 2.24) is 0 Å². The molecule has 0 bridgehead atoms. The monoisotopic (exact) mass is 223 g/mol. The Morgan fingerprint density at radius 2 is 2.36 bits per heavy atom. The van der Waals surface area contributed by atoms with E-state index >= 15 is 0 Å². The largest absolute Gasteiger partial charge is 0.398 e. The second-order valence-electron chi connectivity index (χ2n) is 2.87. The lowest BCUT2D eigenvalue weighted by atomic mass is 10.1. The lowest BCUT2D eigenvalue weighted by molar-refractivity contribution is 0.112. The summed E-state index contributed by atoms with van der Waals surface area (Å²) in [5.74, 6) is 0. The lowest BCUT2D eigenvalue weighted by Crippen LogP contribution is -1.91. The van der Waals surface area contributed by atoms with Crippen LogP contribution in [0.5, 0.6) is 0 Å². The number of carbonyl (C=O) groups excluding carboxylic acids is 1. The normalized spacial score (nSPS) is 10.6. The average Bonchev–Trinajstić information content (AvgIpc) is 2.66. The third-order valence-corrected chi connectivity index (χ3v) is 4.00. The van der Waals surface area contributed by atoms with E-state index in [0.717, 1.165) is 21.3 Å². The molecule has 2 aromatic rings. The van der Waals surface area contributed by atoms with Crippen molar-refractivity contribution in [2.75, 3.05) is 12.0 Å². The Kier molecular flexibility index (Phi) is 2.48.